The van der Waals surface area contributed by atoms with Gasteiger partial charge in [0.05, 0.1) is 18.4 Å². The van der Waals surface area contributed by atoms with Crippen molar-refractivity contribution in [1.82, 2.24) is 20.0 Å². The molecule has 0 aliphatic carbocycles. The van der Waals surface area contributed by atoms with Crippen molar-refractivity contribution in [1.29, 1.82) is 0 Å². The van der Waals surface area contributed by atoms with Gasteiger partial charge in [-0.15, -0.1) is 10.2 Å². The minimum absolute atomic E-state index is 0.0413. The zero-order chi connectivity index (χ0) is 20.8. The highest BCUT2D eigenvalue weighted by Gasteiger charge is 2.39. The van der Waals surface area contributed by atoms with E-state index >= 15 is 0 Å². The van der Waals surface area contributed by atoms with Gasteiger partial charge in [0, 0.05) is 24.0 Å². The Morgan fingerprint density at radius 1 is 1.17 bits per heavy atom. The fraction of sp³-hybridized carbons (Fsp3) is 0.263. The predicted molar refractivity (Wildman–Crippen MR) is 97.0 cm³/mol. The Kier molecular flexibility index (Phi) is 4.48. The molecule has 150 valence electrons. The summed E-state index contributed by atoms with van der Waals surface area (Å²) >= 11 is 0. The molecule has 4 rings (SSSR count). The van der Waals surface area contributed by atoms with E-state index in [9.17, 15) is 18.0 Å². The summed E-state index contributed by atoms with van der Waals surface area (Å²) in [5.74, 6) is -0.286. The van der Waals surface area contributed by atoms with Crippen LogP contribution in [0.15, 0.2) is 36.4 Å². The third-order valence-electron chi connectivity index (χ3n) is 4.80. The standard InChI is InChI=1S/C19H16F3N5O2/c1-10-17-12(11-5-3-4-6-13(11)19(20,21)22)9-15(28)23-18(17)27(26-10)14-7-8-16(29-2)25-24-14/h3-8,12H,9H2,1-2H3,(H,23,28)/t12-/m1/s1. The molecule has 3 heterocycles. The van der Waals surface area contributed by atoms with Crippen LogP contribution in [-0.4, -0.2) is 33.0 Å². The quantitative estimate of drug-likeness (QED) is 0.724. The van der Waals surface area contributed by atoms with Gasteiger partial charge in [-0.05, 0) is 24.6 Å². The lowest BCUT2D eigenvalue weighted by atomic mass is 9.83. The molecule has 1 N–H and O–H groups in total. The molecular weight excluding hydrogens is 387 g/mol. The molecule has 0 radical (unpaired) electrons. The van der Waals surface area contributed by atoms with Crippen molar-refractivity contribution >= 4 is 11.7 Å². The van der Waals surface area contributed by atoms with E-state index in [-0.39, 0.29) is 12.0 Å². The fourth-order valence-corrected chi connectivity index (χ4v) is 3.57. The Balaban J connectivity index is 1.87. The lowest BCUT2D eigenvalue weighted by molar-refractivity contribution is -0.138. The number of alkyl halides is 3. The summed E-state index contributed by atoms with van der Waals surface area (Å²) in [5, 5.41) is 15.0. The Bertz CT molecular complexity index is 1080. The highest BCUT2D eigenvalue weighted by atomic mass is 19.4. The molecule has 7 nitrogen and oxygen atoms in total. The van der Waals surface area contributed by atoms with Crippen LogP contribution < -0.4 is 10.1 Å². The number of aromatic nitrogens is 4. The van der Waals surface area contributed by atoms with E-state index in [1.165, 1.54) is 30.0 Å². The number of aryl methyl sites for hydroxylation is 1. The van der Waals surface area contributed by atoms with E-state index in [1.807, 2.05) is 0 Å². The summed E-state index contributed by atoms with van der Waals surface area (Å²) in [6, 6.07) is 8.46. The number of halogens is 3. The van der Waals surface area contributed by atoms with Gasteiger partial charge in [0.1, 0.15) is 5.82 Å². The molecule has 0 spiro atoms. The lowest BCUT2D eigenvalue weighted by Crippen LogP contribution is -2.26. The molecule has 0 saturated carbocycles. The third-order valence-corrected chi connectivity index (χ3v) is 4.80. The Labute approximate surface area is 163 Å². The summed E-state index contributed by atoms with van der Waals surface area (Å²) < 4.78 is 47.1. The number of carbonyl (C=O) groups excluding carboxylic acids is 1. The number of nitrogens with zero attached hydrogens (tertiary/aromatic N) is 4. The first-order chi connectivity index (χ1) is 13.8. The van der Waals surface area contributed by atoms with Gasteiger partial charge in [-0.1, -0.05) is 18.2 Å². The summed E-state index contributed by atoms with van der Waals surface area (Å²) in [6.45, 7) is 1.69. The maximum Gasteiger partial charge on any atom is 0.416 e. The van der Waals surface area contributed by atoms with Crippen molar-refractivity contribution in [2.45, 2.75) is 25.4 Å². The normalized spacial score (nSPS) is 16.3. The zero-order valence-electron chi connectivity index (χ0n) is 15.5. The number of methoxy groups -OCH3 is 1. The van der Waals surface area contributed by atoms with Crippen molar-refractivity contribution in [2.24, 2.45) is 0 Å². The van der Waals surface area contributed by atoms with Crippen LogP contribution in [0.3, 0.4) is 0 Å². The van der Waals surface area contributed by atoms with Crippen LogP contribution in [0.4, 0.5) is 19.0 Å². The van der Waals surface area contributed by atoms with Crippen LogP contribution in [0, 0.1) is 6.92 Å². The second-order valence-electron chi connectivity index (χ2n) is 6.58. The third kappa shape index (κ3) is 3.30. The monoisotopic (exact) mass is 403 g/mol. The fourth-order valence-electron chi connectivity index (χ4n) is 3.57. The Morgan fingerprint density at radius 3 is 2.59 bits per heavy atom. The number of nitrogens with one attached hydrogen (secondary N) is 1. The zero-order valence-corrected chi connectivity index (χ0v) is 15.5. The largest absolute Gasteiger partial charge is 0.480 e. The maximum atomic E-state index is 13.6. The van der Waals surface area contributed by atoms with Gasteiger partial charge >= 0.3 is 6.18 Å². The van der Waals surface area contributed by atoms with Crippen LogP contribution in [0.1, 0.15) is 34.7 Å². The number of carbonyl (C=O) groups is 1. The number of rotatable bonds is 3. The molecular formula is C19H16F3N5O2. The van der Waals surface area contributed by atoms with Crippen LogP contribution in [0.25, 0.3) is 5.82 Å². The van der Waals surface area contributed by atoms with Crippen LogP contribution in [0.2, 0.25) is 0 Å². The van der Waals surface area contributed by atoms with E-state index in [1.54, 1.807) is 19.1 Å². The van der Waals surface area contributed by atoms with E-state index < -0.39 is 23.6 Å². The highest BCUT2D eigenvalue weighted by molar-refractivity contribution is 5.95. The van der Waals surface area contributed by atoms with E-state index in [0.29, 0.717) is 28.8 Å². The van der Waals surface area contributed by atoms with Gasteiger partial charge in [0.15, 0.2) is 5.82 Å². The SMILES string of the molecule is COc1ccc(-n2nc(C)c3c2NC(=O)C[C@@H]3c2ccccc2C(F)(F)F)nn1. The molecule has 0 bridgehead atoms. The molecule has 1 aliphatic heterocycles. The van der Waals surface area contributed by atoms with Crippen molar-refractivity contribution in [3.8, 4) is 11.7 Å². The molecule has 1 atom stereocenters. The number of anilines is 1. The summed E-state index contributed by atoms with van der Waals surface area (Å²) in [5.41, 5.74) is 0.306. The summed E-state index contributed by atoms with van der Waals surface area (Å²) in [6.07, 6.45) is -4.64. The molecule has 2 aromatic heterocycles. The number of benzene rings is 1. The molecule has 0 saturated heterocycles. The van der Waals surface area contributed by atoms with Crippen molar-refractivity contribution in [3.63, 3.8) is 0 Å². The first kappa shape index (κ1) is 18.9. The van der Waals surface area contributed by atoms with E-state index in [2.05, 4.69) is 20.6 Å². The summed E-state index contributed by atoms with van der Waals surface area (Å²) in [7, 11) is 1.45. The van der Waals surface area contributed by atoms with Crippen molar-refractivity contribution < 1.29 is 22.7 Å². The van der Waals surface area contributed by atoms with Crippen molar-refractivity contribution in [2.75, 3.05) is 12.4 Å². The van der Waals surface area contributed by atoms with Gasteiger partial charge in [0.25, 0.3) is 0 Å². The van der Waals surface area contributed by atoms with Crippen LogP contribution in [-0.2, 0) is 11.0 Å². The topological polar surface area (TPSA) is 81.9 Å². The van der Waals surface area contributed by atoms with Gasteiger partial charge in [-0.2, -0.15) is 23.0 Å². The highest BCUT2D eigenvalue weighted by Crippen LogP contribution is 2.44. The van der Waals surface area contributed by atoms with E-state index in [4.69, 9.17) is 4.74 Å². The second kappa shape index (κ2) is 6.87. The van der Waals surface area contributed by atoms with Gasteiger partial charge in [-0.25, -0.2) is 0 Å². The van der Waals surface area contributed by atoms with Gasteiger partial charge < -0.3 is 10.1 Å². The molecule has 10 heteroatoms. The van der Waals surface area contributed by atoms with Crippen molar-refractivity contribution in [3.05, 3.63) is 58.8 Å². The Hall–Kier alpha value is -3.43. The first-order valence-electron chi connectivity index (χ1n) is 8.73. The second-order valence-corrected chi connectivity index (χ2v) is 6.58. The predicted octanol–water partition coefficient (Wildman–Crippen LogP) is 3.47. The number of ether oxygens (including phenoxy) is 1. The Morgan fingerprint density at radius 2 is 1.93 bits per heavy atom. The van der Waals surface area contributed by atoms with Crippen LogP contribution >= 0.6 is 0 Å². The van der Waals surface area contributed by atoms with E-state index in [0.717, 1.165) is 6.07 Å². The molecule has 3 aromatic rings. The molecule has 0 unspecified atom stereocenters. The average molecular weight is 403 g/mol. The van der Waals surface area contributed by atoms with Gasteiger partial charge in [-0.3, -0.25) is 4.79 Å². The minimum Gasteiger partial charge on any atom is -0.480 e. The number of hydrogen-bond donors (Lipinski definition) is 1. The maximum absolute atomic E-state index is 13.6. The molecule has 1 amide bonds. The molecule has 1 aromatic carbocycles. The number of hydrogen-bond acceptors (Lipinski definition) is 5. The number of fused-ring (bicyclic) bond motifs is 1. The number of amides is 1. The van der Waals surface area contributed by atoms with Crippen LogP contribution in [0.5, 0.6) is 5.88 Å². The first-order valence-corrected chi connectivity index (χ1v) is 8.73. The molecule has 29 heavy (non-hydrogen) atoms. The molecule has 1 aliphatic rings. The average Bonchev–Trinajstić information content (AvgIpc) is 3.03. The minimum atomic E-state index is -4.53. The smallest absolute Gasteiger partial charge is 0.416 e. The van der Waals surface area contributed by atoms with Gasteiger partial charge in [0.2, 0.25) is 11.8 Å². The molecule has 0 fully saturated rings. The summed E-state index contributed by atoms with van der Waals surface area (Å²) in [4.78, 5) is 12.4. The lowest BCUT2D eigenvalue weighted by Gasteiger charge is -2.26.